The Bertz CT molecular complexity index is 935. The number of hydrogen-bond acceptors (Lipinski definition) is 5. The number of thioether (sulfide) groups is 1. The highest BCUT2D eigenvalue weighted by atomic mass is 32.2. The van der Waals surface area contributed by atoms with Crippen molar-refractivity contribution in [3.05, 3.63) is 60.2 Å². The minimum absolute atomic E-state index is 0.139. The highest BCUT2D eigenvalue weighted by Crippen LogP contribution is 2.22. The van der Waals surface area contributed by atoms with Gasteiger partial charge in [-0.05, 0) is 24.6 Å². The van der Waals surface area contributed by atoms with E-state index in [0.717, 1.165) is 43.1 Å². The minimum Gasteiger partial charge on any atom is -0.368 e. The molecule has 28 heavy (non-hydrogen) atoms. The standard InChI is InChI=1S/C21H23N5OS/c1-16-7-5-6-10-18(16)20-22-21(24-23-20)28-15-19(27)26-13-11-25(12-14-26)17-8-3-2-4-9-17/h2-10H,11-15H2,1H3,(H,22,23,24). The average molecular weight is 394 g/mol. The molecular weight excluding hydrogens is 370 g/mol. The maximum absolute atomic E-state index is 12.6. The number of hydrogen-bond donors (Lipinski definition) is 1. The van der Waals surface area contributed by atoms with Crippen molar-refractivity contribution in [2.75, 3.05) is 36.8 Å². The van der Waals surface area contributed by atoms with Gasteiger partial charge in [-0.2, -0.15) is 0 Å². The molecule has 0 spiro atoms. The summed E-state index contributed by atoms with van der Waals surface area (Å²) in [6.07, 6.45) is 0. The molecule has 0 bridgehead atoms. The number of aromatic nitrogens is 3. The predicted octanol–water partition coefficient (Wildman–Crippen LogP) is 3.22. The smallest absolute Gasteiger partial charge is 0.233 e. The minimum atomic E-state index is 0.139. The molecule has 1 saturated heterocycles. The van der Waals surface area contributed by atoms with Crippen LogP contribution in [0.5, 0.6) is 0 Å². The normalized spacial score (nSPS) is 14.3. The van der Waals surface area contributed by atoms with Crippen molar-refractivity contribution >= 4 is 23.4 Å². The number of aromatic amines is 1. The molecule has 7 heteroatoms. The third-order valence-electron chi connectivity index (χ3n) is 4.94. The fraction of sp³-hybridized carbons (Fsp3) is 0.286. The third kappa shape index (κ3) is 4.20. The van der Waals surface area contributed by atoms with E-state index >= 15 is 0 Å². The predicted molar refractivity (Wildman–Crippen MR) is 113 cm³/mol. The van der Waals surface area contributed by atoms with Gasteiger partial charge in [0.2, 0.25) is 11.1 Å². The third-order valence-corrected chi connectivity index (χ3v) is 5.78. The SMILES string of the molecule is Cc1ccccc1-c1nc(SCC(=O)N2CCN(c3ccccc3)CC2)n[nH]1. The van der Waals surface area contributed by atoms with Gasteiger partial charge in [-0.15, -0.1) is 5.10 Å². The zero-order valence-electron chi connectivity index (χ0n) is 15.8. The van der Waals surface area contributed by atoms with E-state index in [4.69, 9.17) is 0 Å². The van der Waals surface area contributed by atoms with Gasteiger partial charge in [0.25, 0.3) is 0 Å². The van der Waals surface area contributed by atoms with Crippen LogP contribution in [0.1, 0.15) is 5.56 Å². The van der Waals surface area contributed by atoms with E-state index in [1.165, 1.54) is 17.4 Å². The Labute approximate surface area is 169 Å². The van der Waals surface area contributed by atoms with Crippen LogP contribution in [0.2, 0.25) is 0 Å². The number of piperazine rings is 1. The van der Waals surface area contributed by atoms with Gasteiger partial charge in [0, 0.05) is 37.4 Å². The van der Waals surface area contributed by atoms with E-state index in [9.17, 15) is 4.79 Å². The highest BCUT2D eigenvalue weighted by Gasteiger charge is 2.21. The fourth-order valence-electron chi connectivity index (χ4n) is 3.34. The van der Waals surface area contributed by atoms with Gasteiger partial charge < -0.3 is 9.80 Å². The van der Waals surface area contributed by atoms with E-state index < -0.39 is 0 Å². The number of nitrogens with one attached hydrogen (secondary N) is 1. The Kier molecular flexibility index (Phi) is 5.62. The number of benzene rings is 2. The molecule has 0 aliphatic carbocycles. The second-order valence-electron chi connectivity index (χ2n) is 6.77. The Morgan fingerprint density at radius 1 is 1.04 bits per heavy atom. The van der Waals surface area contributed by atoms with Crippen molar-refractivity contribution in [1.29, 1.82) is 0 Å². The second kappa shape index (κ2) is 8.48. The first kappa shape index (κ1) is 18.6. The molecular formula is C21H23N5OS. The zero-order valence-corrected chi connectivity index (χ0v) is 16.7. The monoisotopic (exact) mass is 393 g/mol. The lowest BCUT2D eigenvalue weighted by Crippen LogP contribution is -2.49. The number of carbonyl (C=O) groups excluding carboxylic acids is 1. The molecule has 144 valence electrons. The van der Waals surface area contributed by atoms with Crippen molar-refractivity contribution < 1.29 is 4.79 Å². The van der Waals surface area contributed by atoms with E-state index in [1.54, 1.807) is 0 Å². The van der Waals surface area contributed by atoms with Crippen LogP contribution in [0.3, 0.4) is 0 Å². The lowest BCUT2D eigenvalue weighted by atomic mass is 10.1. The number of nitrogens with zero attached hydrogens (tertiary/aromatic N) is 4. The molecule has 1 aliphatic heterocycles. The van der Waals surface area contributed by atoms with Gasteiger partial charge in [-0.1, -0.05) is 54.2 Å². The zero-order chi connectivity index (χ0) is 19.3. The molecule has 2 heterocycles. The number of amides is 1. The van der Waals surface area contributed by atoms with Crippen LogP contribution < -0.4 is 4.90 Å². The number of carbonyl (C=O) groups is 1. The van der Waals surface area contributed by atoms with Gasteiger partial charge in [-0.3, -0.25) is 9.89 Å². The van der Waals surface area contributed by atoms with Crippen molar-refractivity contribution in [3.8, 4) is 11.4 Å². The van der Waals surface area contributed by atoms with Crippen LogP contribution in [-0.2, 0) is 4.79 Å². The number of anilines is 1. The van der Waals surface area contributed by atoms with Gasteiger partial charge in [0.05, 0.1) is 5.75 Å². The number of para-hydroxylation sites is 1. The molecule has 0 atom stereocenters. The first-order valence-electron chi connectivity index (χ1n) is 9.40. The van der Waals surface area contributed by atoms with Gasteiger partial charge in [0.1, 0.15) is 0 Å². The number of H-pyrrole nitrogens is 1. The molecule has 3 aromatic rings. The van der Waals surface area contributed by atoms with Crippen LogP contribution in [0.15, 0.2) is 59.8 Å². The highest BCUT2D eigenvalue weighted by molar-refractivity contribution is 7.99. The topological polar surface area (TPSA) is 65.1 Å². The maximum Gasteiger partial charge on any atom is 0.233 e. The summed E-state index contributed by atoms with van der Waals surface area (Å²) < 4.78 is 0. The van der Waals surface area contributed by atoms with Crippen molar-refractivity contribution in [3.63, 3.8) is 0 Å². The molecule has 1 aromatic heterocycles. The molecule has 1 aliphatic rings. The first-order valence-corrected chi connectivity index (χ1v) is 10.4. The van der Waals surface area contributed by atoms with Gasteiger partial charge in [-0.25, -0.2) is 4.98 Å². The van der Waals surface area contributed by atoms with Crippen LogP contribution in [0.25, 0.3) is 11.4 Å². The first-order chi connectivity index (χ1) is 13.7. The molecule has 1 N–H and O–H groups in total. The Hall–Kier alpha value is -2.80. The van der Waals surface area contributed by atoms with Crippen LogP contribution in [0, 0.1) is 6.92 Å². The van der Waals surface area contributed by atoms with E-state index in [1.807, 2.05) is 54.3 Å². The van der Waals surface area contributed by atoms with E-state index in [0.29, 0.717) is 10.9 Å². The molecule has 0 saturated carbocycles. The summed E-state index contributed by atoms with van der Waals surface area (Å²) in [5.74, 6) is 1.24. The Morgan fingerprint density at radius 3 is 2.50 bits per heavy atom. The second-order valence-corrected chi connectivity index (χ2v) is 7.72. The summed E-state index contributed by atoms with van der Waals surface area (Å²) in [5, 5.41) is 7.83. The molecule has 0 unspecified atom stereocenters. The van der Waals surface area contributed by atoms with Crippen LogP contribution in [-0.4, -0.2) is 57.9 Å². The summed E-state index contributed by atoms with van der Waals surface area (Å²) in [7, 11) is 0. The van der Waals surface area contributed by atoms with Crippen molar-refractivity contribution in [2.45, 2.75) is 12.1 Å². The average Bonchev–Trinajstić information content (AvgIpc) is 3.22. The number of aryl methyl sites for hydroxylation is 1. The summed E-state index contributed by atoms with van der Waals surface area (Å²) in [4.78, 5) is 21.3. The summed E-state index contributed by atoms with van der Waals surface area (Å²) >= 11 is 1.38. The summed E-state index contributed by atoms with van der Waals surface area (Å²) in [5.41, 5.74) is 3.39. The quantitative estimate of drug-likeness (QED) is 0.674. The Balaban J connectivity index is 1.29. The van der Waals surface area contributed by atoms with E-state index in [-0.39, 0.29) is 5.91 Å². The molecule has 0 radical (unpaired) electrons. The van der Waals surface area contributed by atoms with Crippen molar-refractivity contribution in [1.82, 2.24) is 20.1 Å². The lowest BCUT2D eigenvalue weighted by Gasteiger charge is -2.36. The fourth-order valence-corrected chi connectivity index (χ4v) is 4.04. The largest absolute Gasteiger partial charge is 0.368 e. The van der Waals surface area contributed by atoms with Crippen LogP contribution in [0.4, 0.5) is 5.69 Å². The summed E-state index contributed by atoms with van der Waals surface area (Å²) in [6.45, 7) is 5.26. The molecule has 4 rings (SSSR count). The van der Waals surface area contributed by atoms with Gasteiger partial charge >= 0.3 is 0 Å². The number of rotatable bonds is 5. The lowest BCUT2D eigenvalue weighted by molar-refractivity contribution is -0.128. The van der Waals surface area contributed by atoms with Crippen LogP contribution >= 0.6 is 11.8 Å². The summed E-state index contributed by atoms with van der Waals surface area (Å²) in [6, 6.07) is 18.4. The molecule has 2 aromatic carbocycles. The van der Waals surface area contributed by atoms with E-state index in [2.05, 4.69) is 32.2 Å². The molecule has 6 nitrogen and oxygen atoms in total. The Morgan fingerprint density at radius 2 is 1.75 bits per heavy atom. The molecule has 1 amide bonds. The maximum atomic E-state index is 12.6. The van der Waals surface area contributed by atoms with Crippen molar-refractivity contribution in [2.24, 2.45) is 0 Å². The molecule has 1 fully saturated rings. The van der Waals surface area contributed by atoms with Gasteiger partial charge in [0.15, 0.2) is 5.82 Å².